The maximum atomic E-state index is 12.7. The van der Waals surface area contributed by atoms with E-state index in [0.717, 1.165) is 0 Å². The number of hydrogen-bond donors (Lipinski definition) is 1. The summed E-state index contributed by atoms with van der Waals surface area (Å²) in [7, 11) is -2.11. The molecule has 1 aromatic carbocycles. The zero-order chi connectivity index (χ0) is 15.5. The summed E-state index contributed by atoms with van der Waals surface area (Å²) in [5.41, 5.74) is 5.79. The van der Waals surface area contributed by atoms with E-state index in [0.29, 0.717) is 31.1 Å². The van der Waals surface area contributed by atoms with Crippen molar-refractivity contribution in [1.82, 2.24) is 4.31 Å². The van der Waals surface area contributed by atoms with Gasteiger partial charge in [-0.05, 0) is 24.6 Å². The van der Waals surface area contributed by atoms with Gasteiger partial charge in [0.2, 0.25) is 10.0 Å². The van der Waals surface area contributed by atoms with Crippen LogP contribution in [0.4, 0.5) is 0 Å². The maximum Gasteiger partial charge on any atom is 0.246 e. The van der Waals surface area contributed by atoms with E-state index in [1.54, 1.807) is 19.2 Å². The molecule has 126 valence electrons. The van der Waals surface area contributed by atoms with Crippen LogP contribution in [-0.2, 0) is 14.8 Å². The maximum absolute atomic E-state index is 12.7. The van der Waals surface area contributed by atoms with E-state index >= 15 is 0 Å². The molecule has 1 aromatic rings. The third-order valence-corrected chi connectivity index (χ3v) is 5.38. The van der Waals surface area contributed by atoms with Crippen LogP contribution in [0.5, 0.6) is 5.75 Å². The summed E-state index contributed by atoms with van der Waals surface area (Å²) in [6.07, 6.45) is 0.652. The van der Waals surface area contributed by atoms with Crippen molar-refractivity contribution >= 4 is 34.0 Å². The molecule has 0 amide bonds. The minimum atomic E-state index is -3.66. The Morgan fingerprint density at radius 2 is 2.14 bits per heavy atom. The number of methoxy groups -OCH3 is 1. The molecule has 1 atom stereocenters. The smallest absolute Gasteiger partial charge is 0.246 e. The Balaban J connectivity index is 0.00000242. The molecule has 0 unspecified atom stereocenters. The van der Waals surface area contributed by atoms with E-state index in [9.17, 15) is 8.42 Å². The minimum absolute atomic E-state index is 0. The van der Waals surface area contributed by atoms with Crippen LogP contribution in [0.15, 0.2) is 23.1 Å². The van der Waals surface area contributed by atoms with Crippen molar-refractivity contribution in [3.05, 3.63) is 23.2 Å². The van der Waals surface area contributed by atoms with E-state index in [2.05, 4.69) is 0 Å². The van der Waals surface area contributed by atoms with Crippen molar-refractivity contribution in [2.45, 2.75) is 17.4 Å². The minimum Gasteiger partial charge on any atom is -0.490 e. The Morgan fingerprint density at radius 1 is 1.41 bits per heavy atom. The highest BCUT2D eigenvalue weighted by atomic mass is 35.5. The summed E-state index contributed by atoms with van der Waals surface area (Å²) >= 11 is 5.93. The van der Waals surface area contributed by atoms with Gasteiger partial charge in [-0.3, -0.25) is 0 Å². The van der Waals surface area contributed by atoms with Gasteiger partial charge in [-0.25, -0.2) is 8.42 Å². The summed E-state index contributed by atoms with van der Waals surface area (Å²) in [6, 6.07) is 4.43. The molecule has 0 spiro atoms. The quantitative estimate of drug-likeness (QED) is 0.767. The van der Waals surface area contributed by atoms with Crippen molar-refractivity contribution in [1.29, 1.82) is 0 Å². The van der Waals surface area contributed by atoms with Gasteiger partial charge in [-0.1, -0.05) is 11.6 Å². The van der Waals surface area contributed by atoms with E-state index in [1.807, 2.05) is 0 Å². The van der Waals surface area contributed by atoms with Crippen LogP contribution in [0.1, 0.15) is 6.42 Å². The second-order valence-corrected chi connectivity index (χ2v) is 7.19. The van der Waals surface area contributed by atoms with Crippen LogP contribution in [-0.4, -0.2) is 52.2 Å². The molecule has 0 saturated carbocycles. The standard InChI is InChI=1S/C13H19ClN2O4S.ClH/c1-19-6-7-20-12-3-2-10(14)8-13(12)21(17,18)16-5-4-11(15)9-16;/h2-3,8,11H,4-7,9,15H2,1H3;1H/t11-;/m1./s1. The number of rotatable bonds is 6. The van der Waals surface area contributed by atoms with Gasteiger partial charge in [0.15, 0.2) is 0 Å². The van der Waals surface area contributed by atoms with Crippen molar-refractivity contribution in [2.75, 3.05) is 33.4 Å². The summed E-state index contributed by atoms with van der Waals surface area (Å²) in [6.45, 7) is 1.36. The molecule has 2 rings (SSSR count). The first kappa shape index (κ1) is 19.5. The van der Waals surface area contributed by atoms with Gasteiger partial charge in [-0.15, -0.1) is 12.4 Å². The lowest BCUT2D eigenvalue weighted by Gasteiger charge is -2.19. The number of benzene rings is 1. The average Bonchev–Trinajstić information content (AvgIpc) is 2.88. The predicted molar refractivity (Wildman–Crippen MR) is 87.4 cm³/mol. The SMILES string of the molecule is COCCOc1ccc(Cl)cc1S(=O)(=O)N1CC[C@@H](N)C1.Cl. The fourth-order valence-electron chi connectivity index (χ4n) is 2.15. The molecule has 0 radical (unpaired) electrons. The molecule has 9 heteroatoms. The van der Waals surface area contributed by atoms with Crippen LogP contribution < -0.4 is 10.5 Å². The monoisotopic (exact) mass is 370 g/mol. The summed E-state index contributed by atoms with van der Waals surface area (Å²) < 4.78 is 37.1. The molecule has 0 aliphatic carbocycles. The van der Waals surface area contributed by atoms with Gasteiger partial charge in [-0.2, -0.15) is 4.31 Å². The molecule has 1 aliphatic rings. The molecule has 1 heterocycles. The molecule has 1 aliphatic heterocycles. The van der Waals surface area contributed by atoms with Gasteiger partial charge >= 0.3 is 0 Å². The molecule has 22 heavy (non-hydrogen) atoms. The lowest BCUT2D eigenvalue weighted by molar-refractivity contribution is 0.144. The predicted octanol–water partition coefficient (Wildman–Crippen LogP) is 1.51. The van der Waals surface area contributed by atoms with Crippen molar-refractivity contribution in [2.24, 2.45) is 5.73 Å². The molecule has 1 fully saturated rings. The third kappa shape index (κ3) is 4.47. The number of nitrogens with two attached hydrogens (primary N) is 1. The normalized spacial score (nSPS) is 19.0. The van der Waals surface area contributed by atoms with Crippen molar-refractivity contribution in [3.63, 3.8) is 0 Å². The van der Waals surface area contributed by atoms with E-state index in [4.69, 9.17) is 26.8 Å². The highest BCUT2D eigenvalue weighted by Gasteiger charge is 2.33. The Bertz CT molecular complexity index is 598. The highest BCUT2D eigenvalue weighted by Crippen LogP contribution is 2.31. The summed E-state index contributed by atoms with van der Waals surface area (Å²) in [5, 5.41) is 0.344. The fourth-order valence-corrected chi connectivity index (χ4v) is 4.05. The number of hydrogen-bond acceptors (Lipinski definition) is 5. The molecule has 0 bridgehead atoms. The van der Waals surface area contributed by atoms with E-state index in [1.165, 1.54) is 10.4 Å². The topological polar surface area (TPSA) is 81.9 Å². The average molecular weight is 371 g/mol. The van der Waals surface area contributed by atoms with Crippen molar-refractivity contribution < 1.29 is 17.9 Å². The first-order chi connectivity index (χ1) is 9.95. The van der Waals surface area contributed by atoms with E-state index in [-0.39, 0.29) is 35.7 Å². The van der Waals surface area contributed by atoms with Gasteiger partial charge < -0.3 is 15.2 Å². The van der Waals surface area contributed by atoms with Crippen LogP contribution in [0.3, 0.4) is 0 Å². The zero-order valence-corrected chi connectivity index (χ0v) is 14.6. The van der Waals surface area contributed by atoms with Gasteiger partial charge in [0.25, 0.3) is 0 Å². The molecule has 6 nitrogen and oxygen atoms in total. The van der Waals surface area contributed by atoms with Gasteiger partial charge in [0, 0.05) is 31.3 Å². The summed E-state index contributed by atoms with van der Waals surface area (Å²) in [4.78, 5) is 0.0696. The second kappa shape index (κ2) is 8.33. The molecule has 2 N–H and O–H groups in total. The van der Waals surface area contributed by atoms with Crippen LogP contribution in [0.25, 0.3) is 0 Å². The lowest BCUT2D eigenvalue weighted by Crippen LogP contribution is -2.32. The molecule has 0 aromatic heterocycles. The Labute approximate surface area is 142 Å². The Morgan fingerprint density at radius 3 is 2.73 bits per heavy atom. The second-order valence-electron chi connectivity index (χ2n) is 4.84. The van der Waals surface area contributed by atoms with E-state index < -0.39 is 10.0 Å². The first-order valence-corrected chi connectivity index (χ1v) is 8.44. The number of sulfonamides is 1. The molecular formula is C13H20Cl2N2O4S. The van der Waals surface area contributed by atoms with Crippen LogP contribution in [0, 0.1) is 0 Å². The Kier molecular flexibility index (Phi) is 7.37. The Hall–Kier alpha value is -0.570. The largest absolute Gasteiger partial charge is 0.490 e. The fraction of sp³-hybridized carbons (Fsp3) is 0.538. The van der Waals surface area contributed by atoms with Crippen LogP contribution >= 0.6 is 24.0 Å². The first-order valence-electron chi connectivity index (χ1n) is 6.62. The third-order valence-electron chi connectivity index (χ3n) is 3.26. The number of ether oxygens (including phenoxy) is 2. The van der Waals surface area contributed by atoms with Gasteiger partial charge in [0.1, 0.15) is 17.3 Å². The molecular weight excluding hydrogens is 351 g/mol. The van der Waals surface area contributed by atoms with Crippen LogP contribution in [0.2, 0.25) is 5.02 Å². The lowest BCUT2D eigenvalue weighted by atomic mass is 10.3. The zero-order valence-electron chi connectivity index (χ0n) is 12.2. The molecule has 1 saturated heterocycles. The highest BCUT2D eigenvalue weighted by molar-refractivity contribution is 7.89. The number of nitrogens with zero attached hydrogens (tertiary/aromatic N) is 1. The van der Waals surface area contributed by atoms with Gasteiger partial charge in [0.05, 0.1) is 6.61 Å². The summed E-state index contributed by atoms with van der Waals surface area (Å²) in [5.74, 6) is 0.275. The van der Waals surface area contributed by atoms with Crippen molar-refractivity contribution in [3.8, 4) is 5.75 Å². The number of halogens is 2.